The summed E-state index contributed by atoms with van der Waals surface area (Å²) in [7, 11) is 0. The summed E-state index contributed by atoms with van der Waals surface area (Å²) in [6.45, 7) is 2.07. The number of aryl methyl sites for hydroxylation is 1. The molecular formula is C15H21N3O3. The van der Waals surface area contributed by atoms with E-state index in [4.69, 9.17) is 5.11 Å². The van der Waals surface area contributed by atoms with Crippen molar-refractivity contribution in [3.8, 4) is 0 Å². The monoisotopic (exact) mass is 291 g/mol. The van der Waals surface area contributed by atoms with Gasteiger partial charge in [0.2, 0.25) is 0 Å². The Morgan fingerprint density at radius 1 is 1.43 bits per heavy atom. The summed E-state index contributed by atoms with van der Waals surface area (Å²) >= 11 is 0. The number of carboxylic acid groups (broad SMARTS) is 1. The van der Waals surface area contributed by atoms with Crippen LogP contribution in [-0.2, 0) is 11.3 Å². The molecule has 0 atom stereocenters. The molecule has 0 bridgehead atoms. The molecule has 2 N–H and O–H groups in total. The summed E-state index contributed by atoms with van der Waals surface area (Å²) in [4.78, 5) is 28.7. The molecule has 0 spiro atoms. The first-order valence-corrected chi connectivity index (χ1v) is 7.23. The molecule has 2 rings (SSSR count). The van der Waals surface area contributed by atoms with Crippen molar-refractivity contribution in [3.05, 3.63) is 29.6 Å². The third-order valence-electron chi connectivity index (χ3n) is 3.90. The Bertz CT molecular complexity index is 513. The molecule has 21 heavy (non-hydrogen) atoms. The average molecular weight is 291 g/mol. The number of carbonyl (C=O) groups is 2. The fourth-order valence-corrected chi connectivity index (χ4v) is 2.70. The van der Waals surface area contributed by atoms with Gasteiger partial charge in [-0.3, -0.25) is 9.78 Å². The number of nitrogens with zero attached hydrogens (tertiary/aromatic N) is 2. The number of hydrogen-bond donors (Lipinski definition) is 2. The maximum Gasteiger partial charge on any atom is 0.323 e. The molecule has 1 fully saturated rings. The van der Waals surface area contributed by atoms with Crippen LogP contribution in [-0.4, -0.2) is 39.6 Å². The fraction of sp³-hybridized carbons (Fsp3) is 0.533. The second-order valence-corrected chi connectivity index (χ2v) is 5.42. The van der Waals surface area contributed by atoms with E-state index in [1.165, 1.54) is 4.90 Å². The topological polar surface area (TPSA) is 82.5 Å². The normalized spacial score (nSPS) is 14.9. The standard InChI is InChI=1S/C15H21N3O3/c1-11-8-16-7-6-12(11)9-17-15(21)18(10-14(19)20)13-4-2-3-5-13/h6-8,13H,2-5,9-10H2,1H3,(H,17,21)(H,19,20). The van der Waals surface area contributed by atoms with Crippen LogP contribution in [0.5, 0.6) is 0 Å². The molecule has 114 valence electrons. The molecule has 1 aliphatic rings. The highest BCUT2D eigenvalue weighted by atomic mass is 16.4. The van der Waals surface area contributed by atoms with Crippen LogP contribution in [0.15, 0.2) is 18.5 Å². The van der Waals surface area contributed by atoms with Gasteiger partial charge >= 0.3 is 12.0 Å². The van der Waals surface area contributed by atoms with E-state index in [-0.39, 0.29) is 18.6 Å². The van der Waals surface area contributed by atoms with Gasteiger partial charge < -0.3 is 15.3 Å². The summed E-state index contributed by atoms with van der Waals surface area (Å²) in [6.07, 6.45) is 7.30. The van der Waals surface area contributed by atoms with Crippen LogP contribution in [0.4, 0.5) is 4.79 Å². The molecule has 6 heteroatoms. The Morgan fingerprint density at radius 3 is 2.76 bits per heavy atom. The highest BCUT2D eigenvalue weighted by molar-refractivity contribution is 5.80. The van der Waals surface area contributed by atoms with Crippen molar-refractivity contribution in [3.63, 3.8) is 0 Å². The number of aromatic nitrogens is 1. The average Bonchev–Trinajstić information content (AvgIpc) is 2.97. The molecule has 1 heterocycles. The van der Waals surface area contributed by atoms with E-state index in [0.717, 1.165) is 36.8 Å². The van der Waals surface area contributed by atoms with Crippen molar-refractivity contribution < 1.29 is 14.7 Å². The molecule has 1 aliphatic carbocycles. The first-order valence-electron chi connectivity index (χ1n) is 7.23. The van der Waals surface area contributed by atoms with Crippen LogP contribution < -0.4 is 5.32 Å². The maximum atomic E-state index is 12.3. The van der Waals surface area contributed by atoms with Crippen LogP contribution in [0.25, 0.3) is 0 Å². The van der Waals surface area contributed by atoms with Crippen LogP contribution in [0, 0.1) is 6.92 Å². The quantitative estimate of drug-likeness (QED) is 0.868. The second-order valence-electron chi connectivity index (χ2n) is 5.42. The summed E-state index contributed by atoms with van der Waals surface area (Å²) in [5.41, 5.74) is 1.99. The molecule has 1 aromatic rings. The van der Waals surface area contributed by atoms with Gasteiger partial charge in [0.25, 0.3) is 0 Å². The van der Waals surface area contributed by atoms with Crippen LogP contribution in [0.1, 0.15) is 36.8 Å². The molecule has 2 amide bonds. The van der Waals surface area contributed by atoms with Crippen LogP contribution in [0.2, 0.25) is 0 Å². The zero-order valence-corrected chi connectivity index (χ0v) is 12.2. The van der Waals surface area contributed by atoms with Crippen LogP contribution >= 0.6 is 0 Å². The third-order valence-corrected chi connectivity index (χ3v) is 3.90. The minimum Gasteiger partial charge on any atom is -0.480 e. The number of amides is 2. The Labute approximate surface area is 124 Å². The van der Waals surface area contributed by atoms with Gasteiger partial charge in [0, 0.05) is 25.0 Å². The highest BCUT2D eigenvalue weighted by Crippen LogP contribution is 2.23. The minimum absolute atomic E-state index is 0.0413. The first kappa shape index (κ1) is 15.3. The van der Waals surface area contributed by atoms with Crippen molar-refractivity contribution >= 4 is 12.0 Å². The van der Waals surface area contributed by atoms with Gasteiger partial charge in [-0.2, -0.15) is 0 Å². The van der Waals surface area contributed by atoms with E-state index < -0.39 is 5.97 Å². The van der Waals surface area contributed by atoms with E-state index in [1.807, 2.05) is 13.0 Å². The lowest BCUT2D eigenvalue weighted by molar-refractivity contribution is -0.138. The van der Waals surface area contributed by atoms with E-state index in [1.54, 1.807) is 12.4 Å². The highest BCUT2D eigenvalue weighted by Gasteiger charge is 2.28. The Kier molecular flexibility index (Phi) is 5.14. The summed E-state index contributed by atoms with van der Waals surface area (Å²) in [5, 5.41) is 11.8. The van der Waals surface area contributed by atoms with Gasteiger partial charge in [0.05, 0.1) is 0 Å². The van der Waals surface area contributed by atoms with Crippen molar-refractivity contribution in [2.45, 2.75) is 45.2 Å². The molecule has 0 aromatic carbocycles. The van der Waals surface area contributed by atoms with Gasteiger partial charge in [-0.05, 0) is 37.0 Å². The lowest BCUT2D eigenvalue weighted by Crippen LogP contribution is -2.47. The van der Waals surface area contributed by atoms with E-state index in [2.05, 4.69) is 10.3 Å². The first-order chi connectivity index (χ1) is 10.1. The maximum absolute atomic E-state index is 12.3. The van der Waals surface area contributed by atoms with E-state index in [9.17, 15) is 9.59 Å². The van der Waals surface area contributed by atoms with Gasteiger partial charge in [0.1, 0.15) is 6.54 Å². The van der Waals surface area contributed by atoms with Crippen molar-refractivity contribution in [1.82, 2.24) is 15.2 Å². The fourth-order valence-electron chi connectivity index (χ4n) is 2.70. The number of hydrogen-bond acceptors (Lipinski definition) is 3. The predicted octanol–water partition coefficient (Wildman–Crippen LogP) is 1.93. The Morgan fingerprint density at radius 2 is 2.14 bits per heavy atom. The minimum atomic E-state index is -0.975. The predicted molar refractivity (Wildman–Crippen MR) is 77.8 cm³/mol. The molecule has 0 saturated heterocycles. The number of carboxylic acids is 1. The SMILES string of the molecule is Cc1cnccc1CNC(=O)N(CC(=O)O)C1CCCC1. The Balaban J connectivity index is 1.97. The number of nitrogens with one attached hydrogen (secondary N) is 1. The lowest BCUT2D eigenvalue weighted by Gasteiger charge is -2.27. The zero-order valence-electron chi connectivity index (χ0n) is 12.2. The summed E-state index contributed by atoms with van der Waals surface area (Å²) in [5.74, 6) is -0.975. The number of urea groups is 1. The molecule has 0 aliphatic heterocycles. The number of rotatable bonds is 5. The van der Waals surface area contributed by atoms with Gasteiger partial charge in [-0.1, -0.05) is 12.8 Å². The third kappa shape index (κ3) is 4.18. The molecule has 1 aromatic heterocycles. The molecule has 0 radical (unpaired) electrons. The molecule has 0 unspecified atom stereocenters. The summed E-state index contributed by atoms with van der Waals surface area (Å²) < 4.78 is 0. The van der Waals surface area contributed by atoms with Crippen LogP contribution in [0.3, 0.4) is 0 Å². The molecule has 6 nitrogen and oxygen atoms in total. The van der Waals surface area contributed by atoms with Crippen molar-refractivity contribution in [1.29, 1.82) is 0 Å². The van der Waals surface area contributed by atoms with Gasteiger partial charge in [-0.15, -0.1) is 0 Å². The Hall–Kier alpha value is -2.11. The van der Waals surface area contributed by atoms with Gasteiger partial charge in [0.15, 0.2) is 0 Å². The largest absolute Gasteiger partial charge is 0.480 e. The smallest absolute Gasteiger partial charge is 0.323 e. The summed E-state index contributed by atoms with van der Waals surface area (Å²) in [6, 6.07) is 1.59. The molecular weight excluding hydrogens is 270 g/mol. The van der Waals surface area contributed by atoms with Crippen molar-refractivity contribution in [2.75, 3.05) is 6.54 Å². The van der Waals surface area contributed by atoms with E-state index >= 15 is 0 Å². The number of pyridine rings is 1. The number of aliphatic carboxylic acids is 1. The van der Waals surface area contributed by atoms with E-state index in [0.29, 0.717) is 6.54 Å². The van der Waals surface area contributed by atoms with Crippen molar-refractivity contribution in [2.24, 2.45) is 0 Å². The lowest BCUT2D eigenvalue weighted by atomic mass is 10.1. The number of carbonyl (C=O) groups excluding carboxylic acids is 1. The zero-order chi connectivity index (χ0) is 15.2. The molecule has 1 saturated carbocycles. The van der Waals surface area contributed by atoms with Gasteiger partial charge in [-0.25, -0.2) is 4.79 Å². The second kappa shape index (κ2) is 7.06.